The topological polar surface area (TPSA) is 97.7 Å². The maximum Gasteiger partial charge on any atom is 0.419 e. The van der Waals surface area contributed by atoms with Crippen LogP contribution in [0.25, 0.3) is 0 Å². The van der Waals surface area contributed by atoms with E-state index in [1.807, 2.05) is 12.1 Å². The molecule has 0 aliphatic carbocycles. The predicted molar refractivity (Wildman–Crippen MR) is 126 cm³/mol. The molecule has 186 valence electrons. The number of rotatable bonds is 8. The second-order valence-corrected chi connectivity index (χ2v) is 8.57. The molecular weight excluding hydrogens is 459 g/mol. The van der Waals surface area contributed by atoms with Crippen LogP contribution in [0.5, 0.6) is 5.75 Å². The van der Waals surface area contributed by atoms with E-state index in [1.165, 1.54) is 12.1 Å². The molecule has 4 N–H and O–H groups in total. The summed E-state index contributed by atoms with van der Waals surface area (Å²) < 4.78 is 46.9. The van der Waals surface area contributed by atoms with Gasteiger partial charge in [-0.05, 0) is 67.9 Å². The first-order chi connectivity index (χ1) is 16.7. The van der Waals surface area contributed by atoms with Crippen molar-refractivity contribution in [3.05, 3.63) is 77.3 Å². The fraction of sp³-hybridized carbons (Fsp3) is 0.360. The Bertz CT molecular complexity index is 1110. The number of carbonyl (C=O) groups is 1. The summed E-state index contributed by atoms with van der Waals surface area (Å²) in [7, 11) is 0. The van der Waals surface area contributed by atoms with E-state index >= 15 is 0 Å². The number of hydrogen-bond donors (Lipinski definition) is 2. The number of primary amides is 1. The number of anilines is 1. The SMILES string of the molecule is NC(=O)C1=CC=C(Cc2ccncc2)N(c2ccc(C(F)(F)F)c(OCCN3CCCC3)c2)C1N. The van der Waals surface area contributed by atoms with Crippen LogP contribution in [0.2, 0.25) is 0 Å². The summed E-state index contributed by atoms with van der Waals surface area (Å²) in [6.07, 6.45) is 3.59. The summed E-state index contributed by atoms with van der Waals surface area (Å²) in [5, 5.41) is 0. The number of carbonyl (C=O) groups excluding carboxylic acids is 1. The first kappa shape index (κ1) is 24.7. The molecular formula is C25H28F3N5O2. The highest BCUT2D eigenvalue weighted by Gasteiger charge is 2.36. The van der Waals surface area contributed by atoms with Gasteiger partial charge < -0.3 is 21.1 Å². The summed E-state index contributed by atoms with van der Waals surface area (Å²) in [4.78, 5) is 19.8. The average Bonchev–Trinajstić information content (AvgIpc) is 3.32. The Labute approximate surface area is 201 Å². The summed E-state index contributed by atoms with van der Waals surface area (Å²) in [6, 6.07) is 7.31. The average molecular weight is 488 g/mol. The Kier molecular flexibility index (Phi) is 7.42. The van der Waals surface area contributed by atoms with Crippen LogP contribution in [0.1, 0.15) is 24.0 Å². The lowest BCUT2D eigenvalue weighted by Crippen LogP contribution is -2.48. The second-order valence-electron chi connectivity index (χ2n) is 8.57. The molecule has 2 aliphatic rings. The van der Waals surface area contributed by atoms with Crippen LogP contribution in [-0.2, 0) is 17.4 Å². The minimum atomic E-state index is -4.58. The van der Waals surface area contributed by atoms with Gasteiger partial charge in [0.25, 0.3) is 0 Å². The van der Waals surface area contributed by atoms with Crippen molar-refractivity contribution in [1.82, 2.24) is 9.88 Å². The van der Waals surface area contributed by atoms with Gasteiger partial charge in [0, 0.05) is 42.8 Å². The highest BCUT2D eigenvalue weighted by atomic mass is 19.4. The third-order valence-electron chi connectivity index (χ3n) is 6.19. The lowest BCUT2D eigenvalue weighted by atomic mass is 10.0. The zero-order valence-electron chi connectivity index (χ0n) is 19.2. The van der Waals surface area contributed by atoms with Crippen LogP contribution in [0.4, 0.5) is 18.9 Å². The molecule has 2 aromatic rings. The Morgan fingerprint density at radius 1 is 1.11 bits per heavy atom. The molecule has 3 heterocycles. The summed E-state index contributed by atoms with van der Waals surface area (Å²) in [5.41, 5.74) is 13.2. The molecule has 0 spiro atoms. The van der Waals surface area contributed by atoms with E-state index in [2.05, 4.69) is 9.88 Å². The molecule has 35 heavy (non-hydrogen) atoms. The molecule has 2 aliphatic heterocycles. The van der Waals surface area contributed by atoms with Crippen molar-refractivity contribution in [2.75, 3.05) is 31.1 Å². The summed E-state index contributed by atoms with van der Waals surface area (Å²) in [5.74, 6) is -0.976. The van der Waals surface area contributed by atoms with E-state index in [1.54, 1.807) is 29.4 Å². The molecule has 1 aromatic carbocycles. The number of hydrogen-bond acceptors (Lipinski definition) is 6. The molecule has 4 rings (SSSR count). The molecule has 1 amide bonds. The molecule has 1 unspecified atom stereocenters. The molecule has 0 radical (unpaired) electrons. The summed E-state index contributed by atoms with van der Waals surface area (Å²) >= 11 is 0. The predicted octanol–water partition coefficient (Wildman–Crippen LogP) is 3.22. The number of alkyl halides is 3. The second kappa shape index (κ2) is 10.5. The maximum atomic E-state index is 13.7. The van der Waals surface area contributed by atoms with Crippen molar-refractivity contribution in [2.45, 2.75) is 31.6 Å². The number of amides is 1. The fourth-order valence-corrected chi connectivity index (χ4v) is 4.40. The van der Waals surface area contributed by atoms with E-state index in [0.29, 0.717) is 24.4 Å². The normalized spacial score (nSPS) is 18.9. The van der Waals surface area contributed by atoms with Crippen LogP contribution in [-0.4, -0.2) is 48.2 Å². The number of aromatic nitrogens is 1. The van der Waals surface area contributed by atoms with Crippen LogP contribution in [0.3, 0.4) is 0 Å². The highest BCUT2D eigenvalue weighted by molar-refractivity contribution is 5.95. The highest BCUT2D eigenvalue weighted by Crippen LogP contribution is 2.40. The van der Waals surface area contributed by atoms with Gasteiger partial charge in [0.1, 0.15) is 18.5 Å². The number of benzene rings is 1. The molecule has 10 heteroatoms. The maximum absolute atomic E-state index is 13.7. The number of nitrogens with zero attached hydrogens (tertiary/aromatic N) is 3. The molecule has 1 saturated heterocycles. The minimum absolute atomic E-state index is 0.130. The van der Waals surface area contributed by atoms with Gasteiger partial charge in [-0.1, -0.05) is 0 Å². The van der Waals surface area contributed by atoms with E-state index in [4.69, 9.17) is 16.2 Å². The van der Waals surface area contributed by atoms with Crippen molar-refractivity contribution >= 4 is 11.6 Å². The van der Waals surface area contributed by atoms with Gasteiger partial charge in [0.15, 0.2) is 0 Å². The van der Waals surface area contributed by atoms with Gasteiger partial charge in [-0.3, -0.25) is 14.7 Å². The standard InChI is InChI=1S/C25H28F3N5O2/c26-25(27,28)21-6-4-19(16-22(21)35-14-13-32-11-1-2-12-32)33-18(15-17-7-9-31-10-8-17)3-5-20(23(33)29)24(30)34/h3-10,16,23H,1-2,11-15,29H2,(H2,30,34). The number of allylic oxidation sites excluding steroid dienone is 3. The quantitative estimate of drug-likeness (QED) is 0.594. The first-order valence-corrected chi connectivity index (χ1v) is 11.4. The molecule has 1 fully saturated rings. The monoisotopic (exact) mass is 487 g/mol. The van der Waals surface area contributed by atoms with Gasteiger partial charge in [-0.25, -0.2) is 0 Å². The molecule has 7 nitrogen and oxygen atoms in total. The van der Waals surface area contributed by atoms with Crippen LogP contribution < -0.4 is 21.1 Å². The molecule has 1 atom stereocenters. The summed E-state index contributed by atoms with van der Waals surface area (Å²) in [6.45, 7) is 2.52. The number of ether oxygens (including phenoxy) is 1. The number of nitrogens with two attached hydrogens (primary N) is 2. The van der Waals surface area contributed by atoms with Crippen molar-refractivity contribution < 1.29 is 22.7 Å². The van der Waals surface area contributed by atoms with Crippen LogP contribution >= 0.6 is 0 Å². The van der Waals surface area contributed by atoms with E-state index in [0.717, 1.165) is 37.6 Å². The Hall–Kier alpha value is -3.37. The smallest absolute Gasteiger partial charge is 0.419 e. The number of pyridine rings is 1. The first-order valence-electron chi connectivity index (χ1n) is 11.4. The Balaban J connectivity index is 1.66. The van der Waals surface area contributed by atoms with Crippen molar-refractivity contribution in [3.63, 3.8) is 0 Å². The Morgan fingerprint density at radius 3 is 2.49 bits per heavy atom. The third kappa shape index (κ3) is 5.83. The molecule has 0 bridgehead atoms. The van der Waals surface area contributed by atoms with E-state index in [-0.39, 0.29) is 17.9 Å². The zero-order chi connectivity index (χ0) is 25.0. The van der Waals surface area contributed by atoms with Gasteiger partial charge >= 0.3 is 6.18 Å². The zero-order valence-corrected chi connectivity index (χ0v) is 19.2. The Morgan fingerprint density at radius 2 is 1.83 bits per heavy atom. The van der Waals surface area contributed by atoms with Crippen LogP contribution in [0.15, 0.2) is 66.1 Å². The third-order valence-corrected chi connectivity index (χ3v) is 6.19. The molecule has 1 aromatic heterocycles. The largest absolute Gasteiger partial charge is 0.492 e. The number of likely N-dealkylation sites (tertiary alicyclic amines) is 1. The number of halogens is 3. The van der Waals surface area contributed by atoms with Gasteiger partial charge in [-0.15, -0.1) is 0 Å². The lowest BCUT2D eigenvalue weighted by molar-refractivity contribution is -0.139. The van der Waals surface area contributed by atoms with Crippen LogP contribution in [0, 0.1) is 0 Å². The lowest BCUT2D eigenvalue weighted by Gasteiger charge is -2.36. The fourth-order valence-electron chi connectivity index (χ4n) is 4.40. The van der Waals surface area contributed by atoms with Crippen molar-refractivity contribution in [2.24, 2.45) is 11.5 Å². The van der Waals surface area contributed by atoms with E-state index in [9.17, 15) is 18.0 Å². The van der Waals surface area contributed by atoms with E-state index < -0.39 is 23.8 Å². The molecule has 0 saturated carbocycles. The van der Waals surface area contributed by atoms with Crippen molar-refractivity contribution in [1.29, 1.82) is 0 Å². The van der Waals surface area contributed by atoms with Crippen molar-refractivity contribution in [3.8, 4) is 5.75 Å². The van der Waals surface area contributed by atoms with Gasteiger partial charge in [-0.2, -0.15) is 13.2 Å². The van der Waals surface area contributed by atoms with Gasteiger partial charge in [0.2, 0.25) is 5.91 Å². The minimum Gasteiger partial charge on any atom is -0.492 e. The van der Waals surface area contributed by atoms with Gasteiger partial charge in [0.05, 0.1) is 11.1 Å².